The maximum Gasteiger partial charge on any atom is 0.407 e. The molecule has 1 N–H and O–H groups in total. The number of carbonyl (C=O) groups is 1. The van der Waals surface area contributed by atoms with Crippen molar-refractivity contribution in [3.05, 3.63) is 57.5 Å². The zero-order valence-corrected chi connectivity index (χ0v) is 17.0. The largest absolute Gasteiger partial charge is 0.444 e. The average molecular weight is 441 g/mol. The van der Waals surface area contributed by atoms with Crippen molar-refractivity contribution < 1.29 is 19.0 Å². The van der Waals surface area contributed by atoms with Gasteiger partial charge in [-0.2, -0.15) is 0 Å². The number of benzene rings is 2. The molecular weight excluding hydrogens is 422 g/mol. The van der Waals surface area contributed by atoms with E-state index in [1.54, 1.807) is 32.9 Å². The fourth-order valence-electron chi connectivity index (χ4n) is 2.54. The number of amides is 1. The molecule has 1 aliphatic heterocycles. The molecule has 0 saturated carbocycles. The van der Waals surface area contributed by atoms with Gasteiger partial charge in [-0.15, -0.1) is 0 Å². The first-order valence-electron chi connectivity index (χ1n) is 8.09. The molecule has 7 heteroatoms. The summed E-state index contributed by atoms with van der Waals surface area (Å²) in [6.07, 6.45) is -0.548. The van der Waals surface area contributed by atoms with Crippen LogP contribution in [0.25, 0.3) is 0 Å². The minimum Gasteiger partial charge on any atom is -0.444 e. The average Bonchev–Trinajstić information content (AvgIpc) is 2.97. The number of fused-ring (bicyclic) bond motifs is 1. The van der Waals surface area contributed by atoms with Crippen LogP contribution in [-0.4, -0.2) is 18.2 Å². The lowest BCUT2D eigenvalue weighted by Crippen LogP contribution is -2.48. The van der Waals surface area contributed by atoms with E-state index in [1.807, 2.05) is 30.3 Å². The molecule has 138 valence electrons. The Labute approximate surface area is 165 Å². The van der Waals surface area contributed by atoms with E-state index in [1.165, 1.54) is 0 Å². The Bertz CT molecular complexity index is 822. The Hall–Kier alpha value is -1.92. The van der Waals surface area contributed by atoms with E-state index in [4.69, 9.17) is 25.8 Å². The van der Waals surface area contributed by atoms with Gasteiger partial charge in [0.1, 0.15) is 12.1 Å². The van der Waals surface area contributed by atoms with Crippen molar-refractivity contribution in [3.63, 3.8) is 0 Å². The summed E-state index contributed by atoms with van der Waals surface area (Å²) >= 11 is 9.59. The fraction of sp³-hybridized carbons (Fsp3) is 0.316. The maximum atomic E-state index is 12.1. The minimum absolute atomic E-state index is 0.0602. The molecule has 0 fully saturated rings. The number of alkyl carbamates (subject to hydrolysis) is 1. The van der Waals surface area contributed by atoms with Crippen LogP contribution in [0.4, 0.5) is 4.79 Å². The predicted octanol–water partition coefficient (Wildman–Crippen LogP) is 5.25. The molecular formula is C19H19BrClNO4. The molecule has 1 aliphatic rings. The monoisotopic (exact) mass is 439 g/mol. The SMILES string of the molecule is CC(C)(C)OC(=O)NCC1(c2ccccc2)Oc2ccc(Cl)c(Br)c2O1. The van der Waals surface area contributed by atoms with Gasteiger partial charge in [0.25, 0.3) is 5.79 Å². The molecule has 26 heavy (non-hydrogen) atoms. The van der Waals surface area contributed by atoms with E-state index in [0.717, 1.165) is 5.56 Å². The second-order valence-electron chi connectivity index (χ2n) is 6.87. The summed E-state index contributed by atoms with van der Waals surface area (Å²) in [6, 6.07) is 12.9. The van der Waals surface area contributed by atoms with E-state index in [2.05, 4.69) is 21.2 Å². The van der Waals surface area contributed by atoms with Crippen LogP contribution in [0.3, 0.4) is 0 Å². The van der Waals surface area contributed by atoms with Crippen LogP contribution in [0.15, 0.2) is 46.9 Å². The molecule has 1 amide bonds. The topological polar surface area (TPSA) is 56.8 Å². The Morgan fingerprint density at radius 3 is 2.54 bits per heavy atom. The highest BCUT2D eigenvalue weighted by Crippen LogP contribution is 2.50. The molecule has 0 bridgehead atoms. The van der Waals surface area contributed by atoms with E-state index in [-0.39, 0.29) is 6.54 Å². The zero-order chi connectivity index (χ0) is 18.9. The first-order chi connectivity index (χ1) is 12.2. The van der Waals surface area contributed by atoms with Crippen molar-refractivity contribution in [1.29, 1.82) is 0 Å². The third kappa shape index (κ3) is 3.91. The van der Waals surface area contributed by atoms with E-state index >= 15 is 0 Å². The van der Waals surface area contributed by atoms with Gasteiger partial charge >= 0.3 is 6.09 Å². The van der Waals surface area contributed by atoms with Gasteiger partial charge in [0, 0.05) is 5.56 Å². The first kappa shape index (κ1) is 18.9. The van der Waals surface area contributed by atoms with Crippen LogP contribution in [0.1, 0.15) is 26.3 Å². The van der Waals surface area contributed by atoms with Crippen LogP contribution < -0.4 is 14.8 Å². The van der Waals surface area contributed by atoms with Crippen molar-refractivity contribution in [3.8, 4) is 11.5 Å². The minimum atomic E-state index is -1.21. The van der Waals surface area contributed by atoms with Crippen molar-refractivity contribution in [1.82, 2.24) is 5.32 Å². The molecule has 0 radical (unpaired) electrons. The highest BCUT2D eigenvalue weighted by molar-refractivity contribution is 9.10. The quantitative estimate of drug-likeness (QED) is 0.708. The first-order valence-corrected chi connectivity index (χ1v) is 9.26. The van der Waals surface area contributed by atoms with Crippen LogP contribution in [0.2, 0.25) is 5.02 Å². The summed E-state index contributed by atoms with van der Waals surface area (Å²) < 4.78 is 18.2. The van der Waals surface area contributed by atoms with Gasteiger partial charge in [-0.25, -0.2) is 4.79 Å². The molecule has 1 heterocycles. The number of ether oxygens (including phenoxy) is 3. The molecule has 0 spiro atoms. The van der Waals surface area contributed by atoms with E-state index in [0.29, 0.717) is 21.0 Å². The number of hydrogen-bond donors (Lipinski definition) is 1. The lowest BCUT2D eigenvalue weighted by molar-refractivity contribution is -0.0842. The van der Waals surface area contributed by atoms with E-state index in [9.17, 15) is 4.79 Å². The van der Waals surface area contributed by atoms with Gasteiger partial charge in [0.2, 0.25) is 0 Å². The molecule has 1 atom stereocenters. The third-order valence-corrected chi connectivity index (χ3v) is 4.96. The lowest BCUT2D eigenvalue weighted by Gasteiger charge is -2.29. The van der Waals surface area contributed by atoms with Gasteiger partial charge in [-0.05, 0) is 48.8 Å². The molecule has 0 aliphatic carbocycles. The van der Waals surface area contributed by atoms with Crippen molar-refractivity contribution >= 4 is 33.6 Å². The molecule has 0 saturated heterocycles. The molecule has 2 aromatic rings. The maximum absolute atomic E-state index is 12.1. The fourth-order valence-corrected chi connectivity index (χ4v) is 3.10. The lowest BCUT2D eigenvalue weighted by atomic mass is 10.1. The number of hydrogen-bond acceptors (Lipinski definition) is 4. The van der Waals surface area contributed by atoms with Gasteiger partial charge < -0.3 is 19.5 Å². The number of nitrogens with one attached hydrogen (secondary N) is 1. The van der Waals surface area contributed by atoms with Crippen LogP contribution in [0, 0.1) is 0 Å². The van der Waals surface area contributed by atoms with Crippen LogP contribution in [0.5, 0.6) is 11.5 Å². The Balaban J connectivity index is 1.89. The summed E-state index contributed by atoms with van der Waals surface area (Å²) in [7, 11) is 0. The number of carbonyl (C=O) groups excluding carboxylic acids is 1. The highest BCUT2D eigenvalue weighted by Gasteiger charge is 2.45. The van der Waals surface area contributed by atoms with Gasteiger partial charge in [0.15, 0.2) is 11.5 Å². The molecule has 1 unspecified atom stereocenters. The summed E-state index contributed by atoms with van der Waals surface area (Å²) in [4.78, 5) is 12.1. The smallest absolute Gasteiger partial charge is 0.407 e. The molecule has 3 rings (SSSR count). The van der Waals surface area contributed by atoms with Gasteiger partial charge in [-0.1, -0.05) is 41.9 Å². The van der Waals surface area contributed by atoms with Crippen LogP contribution in [-0.2, 0) is 10.5 Å². The van der Waals surface area contributed by atoms with Gasteiger partial charge in [0.05, 0.1) is 9.50 Å². The molecule has 0 aromatic heterocycles. The summed E-state index contributed by atoms with van der Waals surface area (Å²) in [5, 5.41) is 3.24. The second-order valence-corrected chi connectivity index (χ2v) is 8.07. The summed E-state index contributed by atoms with van der Waals surface area (Å²) in [6.45, 7) is 5.47. The Kier molecular flexibility index (Phi) is 5.08. The zero-order valence-electron chi connectivity index (χ0n) is 14.6. The number of rotatable bonds is 3. The number of halogens is 2. The standard InChI is InChI=1S/C19H19BrClNO4/c1-18(2,3)26-17(23)22-11-19(12-7-5-4-6-8-12)24-14-10-9-13(21)15(20)16(14)25-19/h4-10H,11H2,1-3H3,(H,22,23). The van der Waals surface area contributed by atoms with Gasteiger partial charge in [-0.3, -0.25) is 0 Å². The van der Waals surface area contributed by atoms with Crippen molar-refractivity contribution in [2.75, 3.05) is 6.54 Å². The highest BCUT2D eigenvalue weighted by atomic mass is 79.9. The van der Waals surface area contributed by atoms with Crippen molar-refractivity contribution in [2.24, 2.45) is 0 Å². The predicted molar refractivity (Wildman–Crippen MR) is 103 cm³/mol. The Morgan fingerprint density at radius 2 is 1.88 bits per heavy atom. The third-order valence-electron chi connectivity index (χ3n) is 3.63. The summed E-state index contributed by atoms with van der Waals surface area (Å²) in [5.41, 5.74) is 0.163. The molecule has 5 nitrogen and oxygen atoms in total. The van der Waals surface area contributed by atoms with E-state index < -0.39 is 17.5 Å². The van der Waals surface area contributed by atoms with Crippen LogP contribution >= 0.6 is 27.5 Å². The molecule has 2 aromatic carbocycles. The Morgan fingerprint density at radius 1 is 1.19 bits per heavy atom. The normalized spacial score (nSPS) is 18.5. The summed E-state index contributed by atoms with van der Waals surface area (Å²) in [5.74, 6) is -0.184. The second kappa shape index (κ2) is 7.00. The van der Waals surface area contributed by atoms with Crippen molar-refractivity contribution in [2.45, 2.75) is 32.2 Å².